The van der Waals surface area contributed by atoms with E-state index in [1.807, 2.05) is 18.2 Å². The molecule has 0 atom stereocenters. The number of rotatable bonds is 2. The molecule has 75 valence electrons. The summed E-state index contributed by atoms with van der Waals surface area (Å²) in [5.74, 6) is 0.932. The van der Waals surface area contributed by atoms with Crippen LogP contribution in [0.25, 0.3) is 11.1 Å². The summed E-state index contributed by atoms with van der Waals surface area (Å²) in [6, 6.07) is 15.7. The molecule has 0 heterocycles. The van der Waals surface area contributed by atoms with E-state index in [4.69, 9.17) is 4.74 Å². The molecule has 0 saturated carbocycles. The van der Waals surface area contributed by atoms with Crippen molar-refractivity contribution in [1.29, 1.82) is 0 Å². The van der Waals surface area contributed by atoms with Crippen LogP contribution in [0.1, 0.15) is 0 Å². The highest BCUT2D eigenvalue weighted by Crippen LogP contribution is 2.30. The molecular weight excluding hydrogens is 188 g/mol. The number of methoxy groups -OCH3 is 1. The second-order valence-corrected chi connectivity index (χ2v) is 3.17. The quantitative estimate of drug-likeness (QED) is 0.805. The first-order chi connectivity index (χ1) is 7.31. The topological polar surface area (TPSA) is 29.5 Å². The summed E-state index contributed by atoms with van der Waals surface area (Å²) in [6.07, 6.45) is 0. The zero-order valence-corrected chi connectivity index (χ0v) is 8.40. The van der Waals surface area contributed by atoms with Crippen molar-refractivity contribution in [2.45, 2.75) is 0 Å². The summed E-state index contributed by atoms with van der Waals surface area (Å²) in [5.41, 5.74) is 1.85. The van der Waals surface area contributed by atoms with Crippen LogP contribution in [0.5, 0.6) is 11.5 Å². The van der Waals surface area contributed by atoms with Crippen LogP contribution >= 0.6 is 0 Å². The summed E-state index contributed by atoms with van der Waals surface area (Å²) in [6.45, 7) is 0. The van der Waals surface area contributed by atoms with Crippen molar-refractivity contribution in [1.82, 2.24) is 0 Å². The maximum Gasteiger partial charge on any atom is 0.134 e. The fourth-order valence-electron chi connectivity index (χ4n) is 1.49. The number of hydrogen-bond acceptors (Lipinski definition) is 2. The Kier molecular flexibility index (Phi) is 2.59. The minimum absolute atomic E-state index is 0.249. The van der Waals surface area contributed by atoms with Gasteiger partial charge in [-0.15, -0.1) is 0 Å². The van der Waals surface area contributed by atoms with Crippen molar-refractivity contribution in [2.75, 3.05) is 7.11 Å². The molecule has 0 aliphatic carbocycles. The van der Waals surface area contributed by atoms with Crippen molar-refractivity contribution >= 4 is 0 Å². The molecule has 2 aromatic carbocycles. The summed E-state index contributed by atoms with van der Waals surface area (Å²) in [4.78, 5) is 0. The lowest BCUT2D eigenvalue weighted by atomic mass is 10.0. The number of phenols is 1. The average molecular weight is 199 g/mol. The highest BCUT2D eigenvalue weighted by molar-refractivity contribution is 5.71. The van der Waals surface area contributed by atoms with Gasteiger partial charge in [0.15, 0.2) is 0 Å². The normalized spacial score (nSPS) is 9.93. The minimum Gasteiger partial charge on any atom is -0.508 e. The molecule has 0 aliphatic rings. The van der Waals surface area contributed by atoms with Crippen LogP contribution < -0.4 is 4.74 Å². The third kappa shape index (κ3) is 1.94. The molecule has 2 rings (SSSR count). The van der Waals surface area contributed by atoms with Crippen LogP contribution in [-0.4, -0.2) is 12.2 Å². The van der Waals surface area contributed by atoms with Crippen LogP contribution in [0.4, 0.5) is 0 Å². The lowest BCUT2D eigenvalue weighted by molar-refractivity contribution is 0.415. The molecule has 0 bridgehead atoms. The second-order valence-electron chi connectivity index (χ2n) is 3.17. The van der Waals surface area contributed by atoms with Gasteiger partial charge in [0, 0.05) is 11.6 Å². The standard InChI is InChI=1S/C13H11O2/c1-15-13-8-3-2-7-12(13)10-5-4-6-11(14)9-10/h2-7,9,14H,1H3. The van der Waals surface area contributed by atoms with Crippen LogP contribution in [0.2, 0.25) is 0 Å². The van der Waals surface area contributed by atoms with Gasteiger partial charge in [-0.3, -0.25) is 0 Å². The zero-order chi connectivity index (χ0) is 10.7. The van der Waals surface area contributed by atoms with E-state index in [1.165, 1.54) is 0 Å². The van der Waals surface area contributed by atoms with Crippen molar-refractivity contribution in [3.63, 3.8) is 0 Å². The molecule has 0 amide bonds. The monoisotopic (exact) mass is 199 g/mol. The number of phenolic OH excluding ortho intramolecular Hbond substituents is 1. The van der Waals surface area contributed by atoms with E-state index in [2.05, 4.69) is 6.07 Å². The molecule has 2 aromatic rings. The SMILES string of the molecule is COc1[c]cccc1-c1cccc(O)c1. The molecule has 15 heavy (non-hydrogen) atoms. The molecule has 0 aromatic heterocycles. The maximum atomic E-state index is 9.39. The van der Waals surface area contributed by atoms with E-state index in [-0.39, 0.29) is 5.75 Å². The van der Waals surface area contributed by atoms with E-state index in [0.717, 1.165) is 11.1 Å². The van der Waals surface area contributed by atoms with Crippen molar-refractivity contribution in [3.8, 4) is 22.6 Å². The van der Waals surface area contributed by atoms with Gasteiger partial charge in [0.25, 0.3) is 0 Å². The van der Waals surface area contributed by atoms with Gasteiger partial charge in [0.05, 0.1) is 7.11 Å². The Morgan fingerprint density at radius 3 is 2.80 bits per heavy atom. The number of para-hydroxylation sites is 1. The van der Waals surface area contributed by atoms with Crippen LogP contribution in [0, 0.1) is 6.07 Å². The second kappa shape index (κ2) is 4.05. The lowest BCUT2D eigenvalue weighted by Crippen LogP contribution is -1.87. The molecule has 0 aliphatic heterocycles. The Hall–Kier alpha value is -1.96. The van der Waals surface area contributed by atoms with E-state index >= 15 is 0 Å². The van der Waals surface area contributed by atoms with E-state index in [0.29, 0.717) is 5.75 Å². The predicted molar refractivity (Wildman–Crippen MR) is 58.9 cm³/mol. The minimum atomic E-state index is 0.249. The van der Waals surface area contributed by atoms with Crippen LogP contribution in [0.3, 0.4) is 0 Å². The van der Waals surface area contributed by atoms with Crippen molar-refractivity contribution in [3.05, 3.63) is 48.5 Å². The predicted octanol–water partition coefficient (Wildman–Crippen LogP) is 2.87. The summed E-state index contributed by atoms with van der Waals surface area (Å²) >= 11 is 0. The Labute approximate surface area is 88.8 Å². The summed E-state index contributed by atoms with van der Waals surface area (Å²) in [7, 11) is 1.61. The molecular formula is C13H11O2. The highest BCUT2D eigenvalue weighted by Gasteiger charge is 2.04. The molecule has 2 heteroatoms. The van der Waals surface area contributed by atoms with Crippen LogP contribution in [0.15, 0.2) is 42.5 Å². The molecule has 2 nitrogen and oxygen atoms in total. The Morgan fingerprint density at radius 2 is 2.07 bits per heavy atom. The van der Waals surface area contributed by atoms with Gasteiger partial charge in [-0.05, 0) is 17.7 Å². The molecule has 1 N–H and O–H groups in total. The summed E-state index contributed by atoms with van der Waals surface area (Å²) < 4.78 is 5.20. The smallest absolute Gasteiger partial charge is 0.134 e. The molecule has 0 fully saturated rings. The van der Waals surface area contributed by atoms with Gasteiger partial charge in [-0.25, -0.2) is 0 Å². The van der Waals surface area contributed by atoms with Crippen molar-refractivity contribution < 1.29 is 9.84 Å². The highest BCUT2D eigenvalue weighted by atomic mass is 16.5. The third-order valence-corrected chi connectivity index (χ3v) is 2.18. The van der Waals surface area contributed by atoms with Gasteiger partial charge < -0.3 is 9.84 Å². The Balaban J connectivity index is 2.53. The van der Waals surface area contributed by atoms with E-state index < -0.39 is 0 Å². The largest absolute Gasteiger partial charge is 0.508 e. The van der Waals surface area contributed by atoms with Crippen LogP contribution in [-0.2, 0) is 0 Å². The number of hydrogen-bond donors (Lipinski definition) is 1. The fourth-order valence-corrected chi connectivity index (χ4v) is 1.49. The zero-order valence-electron chi connectivity index (χ0n) is 8.40. The average Bonchev–Trinajstić information content (AvgIpc) is 2.29. The molecule has 0 spiro atoms. The van der Waals surface area contributed by atoms with E-state index in [9.17, 15) is 5.11 Å². The van der Waals surface area contributed by atoms with Gasteiger partial charge in [-0.1, -0.05) is 30.3 Å². The third-order valence-electron chi connectivity index (χ3n) is 2.18. The Morgan fingerprint density at radius 1 is 1.20 bits per heavy atom. The van der Waals surface area contributed by atoms with Crippen molar-refractivity contribution in [2.24, 2.45) is 0 Å². The first kappa shape index (κ1) is 9.59. The van der Waals surface area contributed by atoms with Gasteiger partial charge >= 0.3 is 0 Å². The summed E-state index contributed by atoms with van der Waals surface area (Å²) in [5, 5.41) is 9.39. The first-order valence-corrected chi connectivity index (χ1v) is 4.65. The molecule has 0 unspecified atom stereocenters. The van der Waals surface area contributed by atoms with Gasteiger partial charge in [0.1, 0.15) is 11.5 Å². The number of aromatic hydroxyl groups is 1. The van der Waals surface area contributed by atoms with E-state index in [1.54, 1.807) is 31.4 Å². The number of ether oxygens (including phenoxy) is 1. The lowest BCUT2D eigenvalue weighted by Gasteiger charge is -2.07. The van der Waals surface area contributed by atoms with Gasteiger partial charge in [-0.2, -0.15) is 0 Å². The first-order valence-electron chi connectivity index (χ1n) is 4.65. The maximum absolute atomic E-state index is 9.39. The molecule has 1 radical (unpaired) electrons. The molecule has 0 saturated heterocycles. The van der Waals surface area contributed by atoms with Gasteiger partial charge in [0.2, 0.25) is 0 Å². The Bertz CT molecular complexity index is 464. The number of benzene rings is 2. The fraction of sp³-hybridized carbons (Fsp3) is 0.0769.